The van der Waals surface area contributed by atoms with Crippen LogP contribution in [0.5, 0.6) is 0 Å². The van der Waals surface area contributed by atoms with Crippen LogP contribution in [0.1, 0.15) is 28.4 Å². The minimum Gasteiger partial charge on any atom is -0.488 e. The number of allylic oxidation sites excluding steroid dienone is 1. The second kappa shape index (κ2) is 8.11. The maximum absolute atomic E-state index is 12.8. The molecule has 0 bridgehead atoms. The Kier molecular flexibility index (Phi) is 5.43. The van der Waals surface area contributed by atoms with Crippen LogP contribution < -0.4 is 0 Å². The van der Waals surface area contributed by atoms with Gasteiger partial charge in [-0.15, -0.1) is 0 Å². The summed E-state index contributed by atoms with van der Waals surface area (Å²) in [6.07, 6.45) is 0. The molecule has 0 aliphatic rings. The minimum atomic E-state index is -0.0208. The summed E-state index contributed by atoms with van der Waals surface area (Å²) in [5.74, 6) is 0.603. The van der Waals surface area contributed by atoms with Gasteiger partial charge in [0.15, 0.2) is 5.78 Å². The third-order valence-electron chi connectivity index (χ3n) is 3.98. The topological polar surface area (TPSA) is 26.3 Å². The van der Waals surface area contributed by atoms with Crippen LogP contribution in [0.4, 0.5) is 0 Å². The second-order valence-corrected chi connectivity index (χ2v) is 5.79. The van der Waals surface area contributed by atoms with E-state index >= 15 is 0 Å². The lowest BCUT2D eigenvalue weighted by molar-refractivity contribution is 0.103. The molecule has 0 fully saturated rings. The fourth-order valence-corrected chi connectivity index (χ4v) is 2.64. The van der Waals surface area contributed by atoms with E-state index in [0.29, 0.717) is 23.5 Å². The molecule has 0 aromatic heterocycles. The summed E-state index contributed by atoms with van der Waals surface area (Å²) in [4.78, 5) is 12.8. The zero-order chi connectivity index (χ0) is 17.5. The molecule has 0 saturated carbocycles. The average molecular weight is 328 g/mol. The Hall–Kier alpha value is -3.13. The molecular formula is C23H20O2. The molecule has 0 radical (unpaired) electrons. The Bertz CT molecular complexity index is 850. The first-order valence-corrected chi connectivity index (χ1v) is 8.28. The van der Waals surface area contributed by atoms with Gasteiger partial charge in [0.25, 0.3) is 0 Å². The Labute approximate surface area is 148 Å². The largest absolute Gasteiger partial charge is 0.488 e. The van der Waals surface area contributed by atoms with E-state index in [4.69, 9.17) is 4.74 Å². The zero-order valence-corrected chi connectivity index (χ0v) is 14.2. The summed E-state index contributed by atoms with van der Waals surface area (Å²) < 4.78 is 6.08. The predicted molar refractivity (Wildman–Crippen MR) is 101 cm³/mol. The number of hydrogen-bond donors (Lipinski definition) is 0. The number of benzene rings is 3. The summed E-state index contributed by atoms with van der Waals surface area (Å²) in [5.41, 5.74) is 3.24. The molecular weight excluding hydrogens is 308 g/mol. The number of rotatable bonds is 6. The van der Waals surface area contributed by atoms with E-state index in [1.807, 2.05) is 97.9 Å². The van der Waals surface area contributed by atoms with Crippen molar-refractivity contribution in [2.45, 2.75) is 13.5 Å². The van der Waals surface area contributed by atoms with Crippen molar-refractivity contribution < 1.29 is 9.53 Å². The van der Waals surface area contributed by atoms with E-state index < -0.39 is 0 Å². The van der Waals surface area contributed by atoms with Crippen LogP contribution in [-0.2, 0) is 11.3 Å². The maximum atomic E-state index is 12.8. The van der Waals surface area contributed by atoms with Gasteiger partial charge in [0.1, 0.15) is 12.4 Å². The van der Waals surface area contributed by atoms with E-state index in [-0.39, 0.29) is 5.78 Å². The molecule has 0 aliphatic heterocycles. The van der Waals surface area contributed by atoms with Crippen molar-refractivity contribution >= 4 is 11.5 Å². The van der Waals surface area contributed by atoms with E-state index in [1.165, 1.54) is 0 Å². The smallest absolute Gasteiger partial charge is 0.192 e. The van der Waals surface area contributed by atoms with Crippen molar-refractivity contribution in [1.29, 1.82) is 0 Å². The van der Waals surface area contributed by atoms with Crippen LogP contribution in [-0.4, -0.2) is 5.78 Å². The van der Waals surface area contributed by atoms with Gasteiger partial charge >= 0.3 is 0 Å². The molecule has 0 amide bonds. The first kappa shape index (κ1) is 16.7. The van der Waals surface area contributed by atoms with E-state index in [2.05, 4.69) is 0 Å². The van der Waals surface area contributed by atoms with Gasteiger partial charge in [-0.1, -0.05) is 91.0 Å². The average Bonchev–Trinajstić information content (AvgIpc) is 2.69. The second-order valence-electron chi connectivity index (χ2n) is 5.79. The van der Waals surface area contributed by atoms with Crippen molar-refractivity contribution in [3.05, 3.63) is 113 Å². The highest BCUT2D eigenvalue weighted by molar-refractivity contribution is 6.12. The molecule has 0 heterocycles. The third kappa shape index (κ3) is 4.24. The summed E-state index contributed by atoms with van der Waals surface area (Å²) in [5, 5.41) is 0. The van der Waals surface area contributed by atoms with Gasteiger partial charge < -0.3 is 4.74 Å². The van der Waals surface area contributed by atoms with E-state index in [1.54, 1.807) is 0 Å². The maximum Gasteiger partial charge on any atom is 0.192 e. The fourth-order valence-electron chi connectivity index (χ4n) is 2.64. The standard InChI is InChI=1S/C23H20O2/c1-18(22(24)20-13-7-3-8-14-20)23(21-15-9-4-10-16-21)25-17-19-11-5-2-6-12-19/h2-16H,17H2,1H3/b23-18+. The Balaban J connectivity index is 1.94. The van der Waals surface area contributed by atoms with E-state index in [0.717, 1.165) is 11.1 Å². The highest BCUT2D eigenvalue weighted by Gasteiger charge is 2.16. The molecule has 0 unspecified atom stereocenters. The molecule has 0 saturated heterocycles. The minimum absolute atomic E-state index is 0.0208. The van der Waals surface area contributed by atoms with Crippen LogP contribution >= 0.6 is 0 Å². The highest BCUT2D eigenvalue weighted by atomic mass is 16.5. The SMILES string of the molecule is C/C(C(=O)c1ccccc1)=C(\OCc1ccccc1)c1ccccc1. The van der Waals surface area contributed by atoms with Crippen molar-refractivity contribution in [3.63, 3.8) is 0 Å². The van der Waals surface area contributed by atoms with Crippen molar-refractivity contribution in [2.24, 2.45) is 0 Å². The normalized spacial score (nSPS) is 11.6. The van der Waals surface area contributed by atoms with Crippen molar-refractivity contribution in [3.8, 4) is 0 Å². The molecule has 124 valence electrons. The van der Waals surface area contributed by atoms with Crippen molar-refractivity contribution in [2.75, 3.05) is 0 Å². The van der Waals surface area contributed by atoms with Crippen LogP contribution in [0.15, 0.2) is 96.6 Å². The third-order valence-corrected chi connectivity index (χ3v) is 3.98. The quantitative estimate of drug-likeness (QED) is 0.338. The number of ketones is 1. The van der Waals surface area contributed by atoms with Gasteiger partial charge in [-0.3, -0.25) is 4.79 Å². The molecule has 3 aromatic rings. The zero-order valence-electron chi connectivity index (χ0n) is 14.2. The Morgan fingerprint density at radius 1 is 0.720 bits per heavy atom. The molecule has 3 aromatic carbocycles. The number of carbonyl (C=O) groups excluding carboxylic acids is 1. The molecule has 0 spiro atoms. The molecule has 2 nitrogen and oxygen atoms in total. The summed E-state index contributed by atoms with van der Waals surface area (Å²) in [7, 11) is 0. The Morgan fingerprint density at radius 3 is 1.76 bits per heavy atom. The molecule has 0 N–H and O–H groups in total. The first-order valence-electron chi connectivity index (χ1n) is 8.28. The van der Waals surface area contributed by atoms with Crippen LogP contribution in [0.25, 0.3) is 5.76 Å². The van der Waals surface area contributed by atoms with Gasteiger partial charge in [-0.05, 0) is 12.5 Å². The summed E-state index contributed by atoms with van der Waals surface area (Å²) in [6.45, 7) is 2.24. The highest BCUT2D eigenvalue weighted by Crippen LogP contribution is 2.24. The number of carbonyl (C=O) groups is 1. The number of hydrogen-bond acceptors (Lipinski definition) is 2. The van der Waals surface area contributed by atoms with Crippen LogP contribution in [0.3, 0.4) is 0 Å². The molecule has 25 heavy (non-hydrogen) atoms. The number of ether oxygens (including phenoxy) is 1. The Morgan fingerprint density at radius 2 is 1.20 bits per heavy atom. The van der Waals surface area contributed by atoms with E-state index in [9.17, 15) is 4.79 Å². The van der Waals surface area contributed by atoms with Crippen molar-refractivity contribution in [1.82, 2.24) is 0 Å². The molecule has 3 rings (SSSR count). The van der Waals surface area contributed by atoms with Gasteiger partial charge in [0.2, 0.25) is 0 Å². The van der Waals surface area contributed by atoms with Crippen LogP contribution in [0, 0.1) is 0 Å². The lowest BCUT2D eigenvalue weighted by Gasteiger charge is -2.14. The van der Waals surface area contributed by atoms with Gasteiger partial charge in [-0.25, -0.2) is 0 Å². The summed E-state index contributed by atoms with van der Waals surface area (Å²) >= 11 is 0. The predicted octanol–water partition coefficient (Wildman–Crippen LogP) is 5.52. The molecule has 0 aliphatic carbocycles. The van der Waals surface area contributed by atoms with Crippen LogP contribution in [0.2, 0.25) is 0 Å². The summed E-state index contributed by atoms with van der Waals surface area (Å²) in [6, 6.07) is 29.0. The first-order chi connectivity index (χ1) is 12.3. The van der Waals surface area contributed by atoms with Gasteiger partial charge in [0, 0.05) is 16.7 Å². The lowest BCUT2D eigenvalue weighted by Crippen LogP contribution is -2.06. The van der Waals surface area contributed by atoms with Gasteiger partial charge in [-0.2, -0.15) is 0 Å². The molecule has 0 atom stereocenters. The molecule has 2 heteroatoms. The van der Waals surface area contributed by atoms with Gasteiger partial charge in [0.05, 0.1) is 0 Å². The fraction of sp³-hybridized carbons (Fsp3) is 0.0870. The lowest BCUT2D eigenvalue weighted by atomic mass is 10.0. The monoisotopic (exact) mass is 328 g/mol. The number of Topliss-reactive ketones (excluding diaryl/α,β-unsaturated/α-hetero) is 1.